The highest BCUT2D eigenvalue weighted by Crippen LogP contribution is 2.46. The summed E-state index contributed by atoms with van der Waals surface area (Å²) in [5, 5.41) is 11.3. The second-order valence-electron chi connectivity index (χ2n) is 7.82. The first-order valence-corrected chi connectivity index (χ1v) is 10.5. The van der Waals surface area contributed by atoms with Crippen LogP contribution in [0, 0.1) is 17.0 Å². The number of hydrogen-bond donors (Lipinski definition) is 0. The van der Waals surface area contributed by atoms with Crippen LogP contribution in [0.4, 0.5) is 11.4 Å². The van der Waals surface area contributed by atoms with E-state index in [2.05, 4.69) is 0 Å². The number of amides is 1. The van der Waals surface area contributed by atoms with Crippen LogP contribution in [0.2, 0.25) is 0 Å². The third-order valence-electron chi connectivity index (χ3n) is 5.91. The van der Waals surface area contributed by atoms with Gasteiger partial charge in [-0.3, -0.25) is 24.6 Å². The molecular formula is C24H24N2O5. The molecule has 1 unspecified atom stereocenters. The molecule has 0 saturated carbocycles. The fourth-order valence-corrected chi connectivity index (χ4v) is 4.55. The van der Waals surface area contributed by atoms with Crippen LogP contribution in [0.3, 0.4) is 0 Å². The number of nitrogens with zero attached hydrogens (tertiary/aromatic N) is 2. The summed E-state index contributed by atoms with van der Waals surface area (Å²) in [4.78, 5) is 38.9. The summed E-state index contributed by atoms with van der Waals surface area (Å²) in [5.41, 5.74) is 3.25. The second kappa shape index (κ2) is 8.34. The number of Topliss-reactive ketones (excluding diaryl/α,β-unsaturated/α-hetero) is 1. The molecule has 1 aliphatic carbocycles. The van der Waals surface area contributed by atoms with Gasteiger partial charge in [-0.15, -0.1) is 0 Å². The van der Waals surface area contributed by atoms with Crippen LogP contribution in [0.5, 0.6) is 5.75 Å². The van der Waals surface area contributed by atoms with Gasteiger partial charge in [0.2, 0.25) is 5.91 Å². The van der Waals surface area contributed by atoms with Gasteiger partial charge in [0.1, 0.15) is 5.75 Å². The summed E-state index contributed by atoms with van der Waals surface area (Å²) in [5.74, 6) is 0.146. The molecule has 0 bridgehead atoms. The Morgan fingerprint density at radius 1 is 1.16 bits per heavy atom. The maximum Gasteiger partial charge on any atom is 0.271 e. The zero-order valence-electron chi connectivity index (χ0n) is 17.6. The van der Waals surface area contributed by atoms with E-state index in [0.717, 1.165) is 11.1 Å². The molecule has 2 aromatic carbocycles. The molecule has 1 atom stereocenters. The SMILES string of the molecule is CCOc1ccccc1C1CC(=O)N(c2cc([N+](=O)[O-])ccc2C)C2=C1C(=O)CCC2. The number of rotatable bonds is 5. The van der Waals surface area contributed by atoms with Gasteiger partial charge in [0.25, 0.3) is 5.69 Å². The van der Waals surface area contributed by atoms with E-state index in [9.17, 15) is 19.7 Å². The topological polar surface area (TPSA) is 89.8 Å². The Bertz CT molecular complexity index is 1100. The number of non-ortho nitro benzene ring substituents is 1. The van der Waals surface area contributed by atoms with E-state index in [4.69, 9.17) is 4.74 Å². The summed E-state index contributed by atoms with van der Waals surface area (Å²) in [7, 11) is 0. The third-order valence-corrected chi connectivity index (χ3v) is 5.91. The minimum absolute atomic E-state index is 0.0261. The lowest BCUT2D eigenvalue weighted by Crippen LogP contribution is -2.41. The average Bonchev–Trinajstić information content (AvgIpc) is 2.74. The van der Waals surface area contributed by atoms with Crippen molar-refractivity contribution in [1.29, 1.82) is 0 Å². The lowest BCUT2D eigenvalue weighted by molar-refractivity contribution is -0.384. The number of carbonyl (C=O) groups excluding carboxylic acids is 2. The number of nitro benzene ring substituents is 1. The van der Waals surface area contributed by atoms with Crippen LogP contribution in [0.25, 0.3) is 0 Å². The highest BCUT2D eigenvalue weighted by atomic mass is 16.6. The molecular weight excluding hydrogens is 396 g/mol. The van der Waals surface area contributed by atoms with Crippen molar-refractivity contribution in [2.45, 2.75) is 45.4 Å². The van der Waals surface area contributed by atoms with Gasteiger partial charge in [-0.1, -0.05) is 24.3 Å². The van der Waals surface area contributed by atoms with Gasteiger partial charge in [0, 0.05) is 47.7 Å². The fourth-order valence-electron chi connectivity index (χ4n) is 4.55. The molecule has 0 fully saturated rings. The highest BCUT2D eigenvalue weighted by Gasteiger charge is 2.41. The number of hydrogen-bond acceptors (Lipinski definition) is 5. The van der Waals surface area contributed by atoms with Crippen molar-refractivity contribution in [2.24, 2.45) is 0 Å². The van der Waals surface area contributed by atoms with Crippen molar-refractivity contribution < 1.29 is 19.2 Å². The number of ether oxygens (including phenoxy) is 1. The Kier molecular flexibility index (Phi) is 5.59. The van der Waals surface area contributed by atoms with Crippen LogP contribution in [0.1, 0.15) is 49.7 Å². The van der Waals surface area contributed by atoms with E-state index < -0.39 is 4.92 Å². The normalized spacial score (nSPS) is 18.8. The van der Waals surface area contributed by atoms with Gasteiger partial charge >= 0.3 is 0 Å². The summed E-state index contributed by atoms with van der Waals surface area (Å²) in [6, 6.07) is 12.0. The predicted octanol–water partition coefficient (Wildman–Crippen LogP) is 4.83. The van der Waals surface area contributed by atoms with Crippen LogP contribution in [-0.2, 0) is 9.59 Å². The minimum atomic E-state index is -0.472. The standard InChI is InChI=1S/C24H24N2O5/c1-3-31-22-10-5-4-7-17(22)18-14-23(28)25(19-8-6-9-21(27)24(18)19)20-13-16(26(29)30)12-11-15(20)2/h4-5,7,10-13,18H,3,6,8-9,14H2,1-2H3. The van der Waals surface area contributed by atoms with Gasteiger partial charge in [-0.05, 0) is 38.3 Å². The molecule has 1 amide bonds. The Hall–Kier alpha value is -3.48. The average molecular weight is 420 g/mol. The number of ketones is 1. The first-order valence-electron chi connectivity index (χ1n) is 10.5. The molecule has 7 heteroatoms. The predicted molar refractivity (Wildman–Crippen MR) is 116 cm³/mol. The number of allylic oxidation sites excluding steroid dienone is 2. The first-order chi connectivity index (χ1) is 14.9. The second-order valence-corrected chi connectivity index (χ2v) is 7.82. The maximum absolute atomic E-state index is 13.4. The van der Waals surface area contributed by atoms with Gasteiger partial charge in [-0.2, -0.15) is 0 Å². The number of benzene rings is 2. The monoisotopic (exact) mass is 420 g/mol. The zero-order valence-corrected chi connectivity index (χ0v) is 17.6. The number of aryl methyl sites for hydroxylation is 1. The molecule has 0 radical (unpaired) electrons. The summed E-state index contributed by atoms with van der Waals surface area (Å²) in [6.07, 6.45) is 1.76. The van der Waals surface area contributed by atoms with E-state index in [1.165, 1.54) is 17.0 Å². The molecule has 31 heavy (non-hydrogen) atoms. The lowest BCUT2D eigenvalue weighted by atomic mass is 9.76. The molecule has 2 aromatic rings. The molecule has 0 saturated heterocycles. The van der Waals surface area contributed by atoms with Gasteiger partial charge in [-0.25, -0.2) is 0 Å². The molecule has 160 valence electrons. The number of anilines is 1. The van der Waals surface area contributed by atoms with Crippen molar-refractivity contribution in [3.05, 3.63) is 75.0 Å². The number of para-hydroxylation sites is 1. The van der Waals surface area contributed by atoms with Crippen LogP contribution in [-0.4, -0.2) is 23.2 Å². The van der Waals surface area contributed by atoms with Crippen molar-refractivity contribution in [3.63, 3.8) is 0 Å². The maximum atomic E-state index is 13.4. The smallest absolute Gasteiger partial charge is 0.271 e. The quantitative estimate of drug-likeness (QED) is 0.510. The molecule has 2 aliphatic rings. The molecule has 0 spiro atoms. The molecule has 7 nitrogen and oxygen atoms in total. The van der Waals surface area contributed by atoms with E-state index >= 15 is 0 Å². The molecule has 1 heterocycles. The summed E-state index contributed by atoms with van der Waals surface area (Å²) >= 11 is 0. The lowest BCUT2D eigenvalue weighted by Gasteiger charge is -2.39. The molecule has 0 aromatic heterocycles. The van der Waals surface area contributed by atoms with E-state index in [0.29, 0.717) is 48.6 Å². The number of carbonyl (C=O) groups is 2. The van der Waals surface area contributed by atoms with Crippen molar-refractivity contribution >= 4 is 23.1 Å². The van der Waals surface area contributed by atoms with Crippen molar-refractivity contribution in [1.82, 2.24) is 0 Å². The highest BCUT2D eigenvalue weighted by molar-refractivity contribution is 6.08. The van der Waals surface area contributed by atoms with E-state index in [1.54, 1.807) is 6.07 Å². The van der Waals surface area contributed by atoms with Gasteiger partial charge < -0.3 is 4.74 Å². The first kappa shape index (κ1) is 20.8. The third kappa shape index (κ3) is 3.71. The van der Waals surface area contributed by atoms with Crippen LogP contribution >= 0.6 is 0 Å². The van der Waals surface area contributed by atoms with Gasteiger partial charge in [0.05, 0.1) is 17.2 Å². The van der Waals surface area contributed by atoms with E-state index in [1.807, 2.05) is 38.1 Å². The zero-order chi connectivity index (χ0) is 22.1. The van der Waals surface area contributed by atoms with Crippen LogP contribution < -0.4 is 9.64 Å². The summed E-state index contributed by atoms with van der Waals surface area (Å²) in [6.45, 7) is 4.19. The Labute approximate surface area is 180 Å². The van der Waals surface area contributed by atoms with Gasteiger partial charge in [0.15, 0.2) is 5.78 Å². The Morgan fingerprint density at radius 2 is 1.94 bits per heavy atom. The minimum Gasteiger partial charge on any atom is -0.494 e. The Balaban J connectivity index is 1.89. The molecule has 4 rings (SSSR count). The van der Waals surface area contributed by atoms with Crippen molar-refractivity contribution in [3.8, 4) is 5.75 Å². The van der Waals surface area contributed by atoms with Crippen molar-refractivity contribution in [2.75, 3.05) is 11.5 Å². The summed E-state index contributed by atoms with van der Waals surface area (Å²) < 4.78 is 5.78. The molecule has 0 N–H and O–H groups in total. The molecule has 1 aliphatic heterocycles. The fraction of sp³-hybridized carbons (Fsp3) is 0.333. The largest absolute Gasteiger partial charge is 0.494 e. The van der Waals surface area contributed by atoms with E-state index in [-0.39, 0.29) is 29.7 Å². The Morgan fingerprint density at radius 3 is 2.68 bits per heavy atom. The number of nitro groups is 1. The van der Waals surface area contributed by atoms with Crippen LogP contribution in [0.15, 0.2) is 53.7 Å².